The first-order valence-electron chi connectivity index (χ1n) is 7.96. The lowest BCUT2D eigenvalue weighted by Gasteiger charge is -2.09. The summed E-state index contributed by atoms with van der Waals surface area (Å²) >= 11 is 11.9. The molecule has 0 aliphatic carbocycles. The van der Waals surface area contributed by atoms with Gasteiger partial charge in [-0.05, 0) is 47.0 Å². The molecule has 5 heteroatoms. The Hall–Kier alpha value is -2.07. The Morgan fingerprint density at radius 3 is 2.32 bits per heavy atom. The third-order valence-electron chi connectivity index (χ3n) is 3.69. The van der Waals surface area contributed by atoms with Crippen molar-refractivity contribution in [2.24, 2.45) is 0 Å². The lowest BCUT2D eigenvalue weighted by Crippen LogP contribution is -2.12. The zero-order valence-corrected chi connectivity index (χ0v) is 15.1. The standard InChI is InChI=1S/C20H18Cl2N2O/c21-19-8-5-16(10-20(19)22)14-25-18-6-3-15(4-7-18)11-24-13-17-2-1-9-23-12-17/h1-10,12,24H,11,13-14H2. The number of rotatable bonds is 7. The Morgan fingerprint density at radius 1 is 0.840 bits per heavy atom. The highest BCUT2D eigenvalue weighted by molar-refractivity contribution is 6.42. The van der Waals surface area contributed by atoms with E-state index in [4.69, 9.17) is 27.9 Å². The molecular formula is C20H18Cl2N2O. The number of nitrogens with one attached hydrogen (secondary N) is 1. The Kier molecular flexibility index (Phi) is 6.29. The van der Waals surface area contributed by atoms with Crippen LogP contribution in [-0.4, -0.2) is 4.98 Å². The van der Waals surface area contributed by atoms with E-state index in [1.165, 1.54) is 11.1 Å². The topological polar surface area (TPSA) is 34.1 Å². The van der Waals surface area contributed by atoms with Crippen molar-refractivity contribution in [3.8, 4) is 5.75 Å². The molecule has 3 aromatic rings. The van der Waals surface area contributed by atoms with Crippen LogP contribution in [0.25, 0.3) is 0 Å². The van der Waals surface area contributed by atoms with Gasteiger partial charge in [-0.1, -0.05) is 47.5 Å². The van der Waals surface area contributed by atoms with Crippen LogP contribution >= 0.6 is 23.2 Å². The van der Waals surface area contributed by atoms with Crippen LogP contribution in [0.2, 0.25) is 10.0 Å². The van der Waals surface area contributed by atoms with Crippen LogP contribution in [0.5, 0.6) is 5.75 Å². The first-order chi connectivity index (χ1) is 12.2. The van der Waals surface area contributed by atoms with E-state index < -0.39 is 0 Å². The van der Waals surface area contributed by atoms with Crippen LogP contribution in [0.1, 0.15) is 16.7 Å². The molecule has 2 aromatic carbocycles. The molecule has 0 aliphatic rings. The van der Waals surface area contributed by atoms with Crippen molar-refractivity contribution < 1.29 is 4.74 Å². The average Bonchev–Trinajstić information content (AvgIpc) is 2.65. The van der Waals surface area contributed by atoms with Crippen molar-refractivity contribution in [2.45, 2.75) is 19.7 Å². The fourth-order valence-electron chi connectivity index (χ4n) is 2.35. The van der Waals surface area contributed by atoms with Crippen molar-refractivity contribution >= 4 is 23.2 Å². The minimum atomic E-state index is 0.454. The zero-order valence-electron chi connectivity index (χ0n) is 13.6. The molecule has 128 valence electrons. The summed E-state index contributed by atoms with van der Waals surface area (Å²) in [7, 11) is 0. The van der Waals surface area contributed by atoms with Gasteiger partial charge in [0.05, 0.1) is 10.0 Å². The van der Waals surface area contributed by atoms with Gasteiger partial charge in [0.15, 0.2) is 0 Å². The summed E-state index contributed by atoms with van der Waals surface area (Å²) < 4.78 is 5.79. The van der Waals surface area contributed by atoms with Gasteiger partial charge in [0.1, 0.15) is 12.4 Å². The molecule has 0 fully saturated rings. The number of aromatic nitrogens is 1. The number of hydrogen-bond donors (Lipinski definition) is 1. The van der Waals surface area contributed by atoms with E-state index in [1.54, 1.807) is 12.3 Å². The Morgan fingerprint density at radius 2 is 1.60 bits per heavy atom. The van der Waals surface area contributed by atoms with E-state index in [2.05, 4.69) is 28.5 Å². The number of ether oxygens (including phenoxy) is 1. The van der Waals surface area contributed by atoms with E-state index in [9.17, 15) is 0 Å². The van der Waals surface area contributed by atoms with Gasteiger partial charge in [0.25, 0.3) is 0 Å². The summed E-state index contributed by atoms with van der Waals surface area (Å²) in [5.74, 6) is 0.821. The Balaban J connectivity index is 1.47. The summed E-state index contributed by atoms with van der Waals surface area (Å²) in [5.41, 5.74) is 3.35. The van der Waals surface area contributed by atoms with Crippen LogP contribution in [0.4, 0.5) is 0 Å². The van der Waals surface area contributed by atoms with Gasteiger partial charge in [-0.2, -0.15) is 0 Å². The minimum absolute atomic E-state index is 0.454. The third kappa shape index (κ3) is 5.46. The molecule has 3 rings (SSSR count). The zero-order chi connectivity index (χ0) is 17.5. The van der Waals surface area contributed by atoms with Gasteiger partial charge >= 0.3 is 0 Å². The molecule has 0 atom stereocenters. The molecule has 0 unspecified atom stereocenters. The lowest BCUT2D eigenvalue weighted by atomic mass is 10.2. The molecule has 0 bridgehead atoms. The number of halogens is 2. The van der Waals surface area contributed by atoms with Crippen LogP contribution < -0.4 is 10.1 Å². The fraction of sp³-hybridized carbons (Fsp3) is 0.150. The second-order valence-corrected chi connectivity index (χ2v) is 6.46. The minimum Gasteiger partial charge on any atom is -0.489 e. The predicted molar refractivity (Wildman–Crippen MR) is 102 cm³/mol. The smallest absolute Gasteiger partial charge is 0.119 e. The van der Waals surface area contributed by atoms with Gasteiger partial charge in [-0.15, -0.1) is 0 Å². The van der Waals surface area contributed by atoms with Crippen LogP contribution in [0.3, 0.4) is 0 Å². The molecule has 25 heavy (non-hydrogen) atoms. The van der Waals surface area contributed by atoms with E-state index in [0.29, 0.717) is 16.7 Å². The highest BCUT2D eigenvalue weighted by atomic mass is 35.5. The summed E-state index contributed by atoms with van der Waals surface area (Å²) in [6, 6.07) is 17.6. The van der Waals surface area contributed by atoms with E-state index in [1.807, 2.05) is 36.5 Å². The number of pyridine rings is 1. The van der Waals surface area contributed by atoms with Gasteiger partial charge in [0, 0.05) is 25.5 Å². The number of benzene rings is 2. The molecule has 0 spiro atoms. The molecule has 0 radical (unpaired) electrons. The van der Waals surface area contributed by atoms with Crippen LogP contribution in [0, 0.1) is 0 Å². The molecule has 0 saturated heterocycles. The highest BCUT2D eigenvalue weighted by Crippen LogP contribution is 2.23. The highest BCUT2D eigenvalue weighted by Gasteiger charge is 2.01. The summed E-state index contributed by atoms with van der Waals surface area (Å²) in [4.78, 5) is 4.11. The first-order valence-corrected chi connectivity index (χ1v) is 8.71. The van der Waals surface area contributed by atoms with Crippen molar-refractivity contribution in [1.82, 2.24) is 10.3 Å². The molecule has 0 saturated carbocycles. The summed E-state index contributed by atoms with van der Waals surface area (Å²) in [6.07, 6.45) is 3.65. The monoisotopic (exact) mass is 372 g/mol. The van der Waals surface area contributed by atoms with Crippen LogP contribution in [0.15, 0.2) is 67.0 Å². The van der Waals surface area contributed by atoms with E-state index >= 15 is 0 Å². The van der Waals surface area contributed by atoms with E-state index in [-0.39, 0.29) is 0 Å². The lowest BCUT2D eigenvalue weighted by molar-refractivity contribution is 0.306. The van der Waals surface area contributed by atoms with Gasteiger partial charge in [-0.3, -0.25) is 4.98 Å². The largest absolute Gasteiger partial charge is 0.489 e. The predicted octanol–water partition coefficient (Wildman–Crippen LogP) is 5.26. The molecular weight excluding hydrogens is 355 g/mol. The average molecular weight is 373 g/mol. The fourth-order valence-corrected chi connectivity index (χ4v) is 2.67. The second-order valence-electron chi connectivity index (χ2n) is 5.65. The number of nitrogens with zero attached hydrogens (tertiary/aromatic N) is 1. The van der Waals surface area contributed by atoms with Crippen molar-refractivity contribution in [3.05, 3.63) is 93.7 Å². The maximum atomic E-state index is 6.01. The van der Waals surface area contributed by atoms with Gasteiger partial charge < -0.3 is 10.1 Å². The van der Waals surface area contributed by atoms with Crippen molar-refractivity contribution in [1.29, 1.82) is 0 Å². The SMILES string of the molecule is Clc1ccc(COc2ccc(CNCc3cccnc3)cc2)cc1Cl. The van der Waals surface area contributed by atoms with E-state index in [0.717, 1.165) is 24.4 Å². The Labute approximate surface area is 157 Å². The van der Waals surface area contributed by atoms with Gasteiger partial charge in [0.2, 0.25) is 0 Å². The first kappa shape index (κ1) is 17.7. The summed E-state index contributed by atoms with van der Waals surface area (Å²) in [6.45, 7) is 2.04. The molecule has 1 N–H and O–H groups in total. The van der Waals surface area contributed by atoms with Crippen LogP contribution in [-0.2, 0) is 19.7 Å². The molecule has 1 aromatic heterocycles. The molecule has 1 heterocycles. The normalized spacial score (nSPS) is 10.6. The molecule has 0 aliphatic heterocycles. The maximum Gasteiger partial charge on any atom is 0.119 e. The Bertz CT molecular complexity index is 808. The molecule has 3 nitrogen and oxygen atoms in total. The quantitative estimate of drug-likeness (QED) is 0.614. The maximum absolute atomic E-state index is 6.01. The van der Waals surface area contributed by atoms with Gasteiger partial charge in [-0.25, -0.2) is 0 Å². The second kappa shape index (κ2) is 8.86. The van der Waals surface area contributed by atoms with Crippen molar-refractivity contribution in [2.75, 3.05) is 0 Å². The summed E-state index contributed by atoms with van der Waals surface area (Å²) in [5, 5.41) is 4.49. The third-order valence-corrected chi connectivity index (χ3v) is 4.43. The van der Waals surface area contributed by atoms with Crippen molar-refractivity contribution in [3.63, 3.8) is 0 Å². The number of hydrogen-bond acceptors (Lipinski definition) is 3. The molecule has 0 amide bonds.